The summed E-state index contributed by atoms with van der Waals surface area (Å²) in [6.45, 7) is 2.13. The van der Waals surface area contributed by atoms with Crippen molar-refractivity contribution in [2.24, 2.45) is 5.73 Å². The molecule has 0 aromatic carbocycles. The number of rotatable bonds is 5. The van der Waals surface area contributed by atoms with Crippen LogP contribution in [0.4, 0.5) is 0 Å². The van der Waals surface area contributed by atoms with Crippen molar-refractivity contribution in [2.75, 3.05) is 0 Å². The van der Waals surface area contributed by atoms with E-state index in [1.165, 1.54) is 11.3 Å². The van der Waals surface area contributed by atoms with Gasteiger partial charge in [0.05, 0.1) is 16.4 Å². The molecular weight excluding hydrogens is 224 g/mol. The van der Waals surface area contributed by atoms with Crippen molar-refractivity contribution in [2.45, 2.75) is 32.2 Å². The monoisotopic (exact) mass is 238 g/mol. The highest BCUT2D eigenvalue weighted by Crippen LogP contribution is 2.22. The van der Waals surface area contributed by atoms with Gasteiger partial charge in [0.2, 0.25) is 11.7 Å². The number of aromatic nitrogens is 3. The van der Waals surface area contributed by atoms with Gasteiger partial charge in [-0.2, -0.15) is 4.98 Å². The Morgan fingerprint density at radius 3 is 3.12 bits per heavy atom. The van der Waals surface area contributed by atoms with Crippen LogP contribution in [0.25, 0.3) is 10.7 Å². The Hall–Kier alpha value is -1.27. The van der Waals surface area contributed by atoms with E-state index in [-0.39, 0.29) is 6.04 Å². The van der Waals surface area contributed by atoms with Gasteiger partial charge in [0, 0.05) is 6.20 Å². The SMILES string of the molecule is CCCC[C@H](N)c1nc(-c2cncs2)no1. The van der Waals surface area contributed by atoms with Crippen LogP contribution >= 0.6 is 11.3 Å². The lowest BCUT2D eigenvalue weighted by molar-refractivity contribution is 0.346. The molecule has 0 saturated carbocycles. The van der Waals surface area contributed by atoms with E-state index in [4.69, 9.17) is 10.3 Å². The maximum atomic E-state index is 5.94. The third kappa shape index (κ3) is 2.45. The Balaban J connectivity index is 2.07. The van der Waals surface area contributed by atoms with Crippen LogP contribution in [0, 0.1) is 0 Å². The minimum absolute atomic E-state index is 0.158. The number of nitrogens with zero attached hydrogens (tertiary/aromatic N) is 3. The van der Waals surface area contributed by atoms with Crippen molar-refractivity contribution in [1.29, 1.82) is 0 Å². The topological polar surface area (TPSA) is 77.8 Å². The second-order valence-electron chi connectivity index (χ2n) is 3.57. The standard InChI is InChI=1S/C10H14N4OS/c1-2-3-4-7(11)10-13-9(14-15-10)8-5-12-6-16-8/h5-7H,2-4,11H2,1H3/t7-/m0/s1. The summed E-state index contributed by atoms with van der Waals surface area (Å²) in [5.74, 6) is 1.08. The zero-order valence-electron chi connectivity index (χ0n) is 9.09. The lowest BCUT2D eigenvalue weighted by atomic mass is 10.1. The molecule has 2 aromatic heterocycles. The Morgan fingerprint density at radius 2 is 2.44 bits per heavy atom. The van der Waals surface area contributed by atoms with Crippen LogP contribution in [-0.2, 0) is 0 Å². The van der Waals surface area contributed by atoms with E-state index in [0.29, 0.717) is 11.7 Å². The molecule has 5 nitrogen and oxygen atoms in total. The van der Waals surface area contributed by atoms with Crippen molar-refractivity contribution >= 4 is 11.3 Å². The van der Waals surface area contributed by atoms with Crippen LogP contribution in [0.1, 0.15) is 38.1 Å². The summed E-state index contributed by atoms with van der Waals surface area (Å²) in [6, 6.07) is -0.158. The van der Waals surface area contributed by atoms with Crippen molar-refractivity contribution < 1.29 is 4.52 Å². The largest absolute Gasteiger partial charge is 0.337 e. The molecule has 2 rings (SSSR count). The average Bonchev–Trinajstić information content (AvgIpc) is 2.94. The van der Waals surface area contributed by atoms with Crippen LogP contribution in [0.15, 0.2) is 16.2 Å². The molecule has 0 unspecified atom stereocenters. The lowest BCUT2D eigenvalue weighted by Gasteiger charge is -2.03. The lowest BCUT2D eigenvalue weighted by Crippen LogP contribution is -2.10. The number of nitrogens with two attached hydrogens (primary N) is 1. The molecule has 86 valence electrons. The van der Waals surface area contributed by atoms with Crippen LogP contribution in [0.5, 0.6) is 0 Å². The molecule has 0 bridgehead atoms. The highest BCUT2D eigenvalue weighted by atomic mass is 32.1. The Morgan fingerprint density at radius 1 is 1.56 bits per heavy atom. The van der Waals surface area contributed by atoms with Crippen molar-refractivity contribution in [3.05, 3.63) is 17.6 Å². The van der Waals surface area contributed by atoms with E-state index in [9.17, 15) is 0 Å². The second-order valence-corrected chi connectivity index (χ2v) is 4.46. The predicted octanol–water partition coefficient (Wildman–Crippen LogP) is 2.38. The van der Waals surface area contributed by atoms with Gasteiger partial charge in [-0.25, -0.2) is 0 Å². The number of hydrogen-bond donors (Lipinski definition) is 1. The van der Waals surface area contributed by atoms with Crippen molar-refractivity contribution in [1.82, 2.24) is 15.1 Å². The Labute approximate surface area is 97.7 Å². The second kappa shape index (κ2) is 5.18. The maximum absolute atomic E-state index is 5.94. The first-order valence-electron chi connectivity index (χ1n) is 5.29. The molecule has 0 aliphatic heterocycles. The molecule has 0 spiro atoms. The van der Waals surface area contributed by atoms with Gasteiger partial charge in [0.15, 0.2) is 0 Å². The minimum Gasteiger partial charge on any atom is -0.337 e. The van der Waals surface area contributed by atoms with Crippen molar-refractivity contribution in [3.63, 3.8) is 0 Å². The summed E-state index contributed by atoms with van der Waals surface area (Å²) in [6.07, 6.45) is 4.78. The number of thiazole rings is 1. The van der Waals surface area contributed by atoms with Crippen LogP contribution in [-0.4, -0.2) is 15.1 Å². The first-order chi connectivity index (χ1) is 7.81. The molecule has 1 atom stereocenters. The molecule has 0 amide bonds. The number of hydrogen-bond acceptors (Lipinski definition) is 6. The van der Waals surface area contributed by atoms with E-state index in [0.717, 1.165) is 24.1 Å². The molecule has 0 aliphatic rings. The van der Waals surface area contributed by atoms with E-state index in [1.54, 1.807) is 11.7 Å². The van der Waals surface area contributed by atoms with Gasteiger partial charge in [-0.05, 0) is 6.42 Å². The van der Waals surface area contributed by atoms with Crippen LogP contribution in [0.3, 0.4) is 0 Å². The molecule has 2 heterocycles. The van der Waals surface area contributed by atoms with E-state index in [1.807, 2.05) is 0 Å². The summed E-state index contributed by atoms with van der Waals surface area (Å²) in [4.78, 5) is 9.14. The van der Waals surface area contributed by atoms with Gasteiger partial charge < -0.3 is 10.3 Å². The summed E-state index contributed by atoms with van der Waals surface area (Å²) in [5.41, 5.74) is 7.68. The third-order valence-electron chi connectivity index (χ3n) is 2.28. The first kappa shape index (κ1) is 11.2. The molecule has 0 fully saturated rings. The zero-order valence-corrected chi connectivity index (χ0v) is 9.91. The quantitative estimate of drug-likeness (QED) is 0.865. The fourth-order valence-corrected chi connectivity index (χ4v) is 1.90. The van der Waals surface area contributed by atoms with Gasteiger partial charge in [0.25, 0.3) is 0 Å². The molecular formula is C10H14N4OS. The summed E-state index contributed by atoms with van der Waals surface area (Å²) in [7, 11) is 0. The van der Waals surface area contributed by atoms with Crippen LogP contribution < -0.4 is 5.73 Å². The van der Waals surface area contributed by atoms with Gasteiger partial charge in [-0.1, -0.05) is 24.9 Å². The summed E-state index contributed by atoms with van der Waals surface area (Å²) < 4.78 is 5.14. The van der Waals surface area contributed by atoms with E-state index >= 15 is 0 Å². The Bertz CT molecular complexity index is 426. The molecule has 0 aliphatic carbocycles. The third-order valence-corrected chi connectivity index (χ3v) is 3.05. The Kier molecular flexibility index (Phi) is 3.63. The maximum Gasteiger partial charge on any atom is 0.243 e. The molecule has 0 radical (unpaired) electrons. The fraction of sp³-hybridized carbons (Fsp3) is 0.500. The first-order valence-corrected chi connectivity index (χ1v) is 6.17. The van der Waals surface area contributed by atoms with E-state index < -0.39 is 0 Å². The minimum atomic E-state index is -0.158. The van der Waals surface area contributed by atoms with Crippen LogP contribution in [0.2, 0.25) is 0 Å². The highest BCUT2D eigenvalue weighted by molar-refractivity contribution is 7.13. The number of unbranched alkanes of at least 4 members (excludes halogenated alkanes) is 1. The van der Waals surface area contributed by atoms with E-state index in [2.05, 4.69) is 22.0 Å². The van der Waals surface area contributed by atoms with Gasteiger partial charge >= 0.3 is 0 Å². The molecule has 2 aromatic rings. The van der Waals surface area contributed by atoms with Gasteiger partial charge in [-0.3, -0.25) is 4.98 Å². The van der Waals surface area contributed by atoms with Crippen molar-refractivity contribution in [3.8, 4) is 10.7 Å². The molecule has 0 saturated heterocycles. The smallest absolute Gasteiger partial charge is 0.243 e. The summed E-state index contributed by atoms with van der Waals surface area (Å²) in [5, 5.41) is 3.89. The normalized spacial score (nSPS) is 12.9. The molecule has 16 heavy (non-hydrogen) atoms. The molecule has 6 heteroatoms. The van der Waals surface area contributed by atoms with Gasteiger partial charge in [-0.15, -0.1) is 11.3 Å². The predicted molar refractivity (Wildman–Crippen MR) is 61.9 cm³/mol. The molecule has 2 N–H and O–H groups in total. The zero-order chi connectivity index (χ0) is 11.4. The highest BCUT2D eigenvalue weighted by Gasteiger charge is 2.15. The average molecular weight is 238 g/mol. The van der Waals surface area contributed by atoms with Gasteiger partial charge in [0.1, 0.15) is 0 Å². The summed E-state index contributed by atoms with van der Waals surface area (Å²) >= 11 is 1.48. The fourth-order valence-electron chi connectivity index (χ4n) is 1.36.